The van der Waals surface area contributed by atoms with Gasteiger partial charge in [-0.3, -0.25) is 9.59 Å². The first kappa shape index (κ1) is 25.8. The van der Waals surface area contributed by atoms with Crippen LogP contribution in [0.1, 0.15) is 58.1 Å². The Kier molecular flexibility index (Phi) is 9.45. The van der Waals surface area contributed by atoms with E-state index in [-0.39, 0.29) is 23.8 Å². The quantitative estimate of drug-likeness (QED) is 0.522. The number of amides is 2. The second kappa shape index (κ2) is 12.1. The van der Waals surface area contributed by atoms with Gasteiger partial charge in [-0.15, -0.1) is 11.8 Å². The Balaban J connectivity index is 1.50. The molecule has 3 atom stereocenters. The summed E-state index contributed by atoms with van der Waals surface area (Å²) >= 11 is 1.68. The molecule has 2 amide bonds. The molecule has 1 saturated carbocycles. The SMILES string of the molecule is Cc1cccc(/C=C2/SC3CCC(C(=O)NCCN(CC(C)C)CC(C)C)CC3NC2=O)c1. The van der Waals surface area contributed by atoms with E-state index < -0.39 is 0 Å². The predicted octanol–water partition coefficient (Wildman–Crippen LogP) is 4.47. The fourth-order valence-corrected chi connectivity index (χ4v) is 6.21. The van der Waals surface area contributed by atoms with Crippen molar-refractivity contribution in [2.45, 2.75) is 65.2 Å². The van der Waals surface area contributed by atoms with Crippen molar-refractivity contribution in [3.8, 4) is 0 Å². The molecule has 0 aromatic heterocycles. The number of nitrogens with zero attached hydrogens (tertiary/aromatic N) is 1. The minimum absolute atomic E-state index is 0.0122. The van der Waals surface area contributed by atoms with E-state index in [9.17, 15) is 9.59 Å². The van der Waals surface area contributed by atoms with Gasteiger partial charge in [0, 0.05) is 43.4 Å². The molecule has 33 heavy (non-hydrogen) atoms. The molecule has 182 valence electrons. The van der Waals surface area contributed by atoms with E-state index in [1.54, 1.807) is 11.8 Å². The lowest BCUT2D eigenvalue weighted by Crippen LogP contribution is -2.52. The smallest absolute Gasteiger partial charge is 0.257 e. The number of rotatable bonds is 9. The Morgan fingerprint density at radius 2 is 1.94 bits per heavy atom. The lowest BCUT2D eigenvalue weighted by atomic mass is 9.84. The normalized spacial score (nSPS) is 24.3. The summed E-state index contributed by atoms with van der Waals surface area (Å²) in [6.07, 6.45) is 4.55. The number of thioether (sulfide) groups is 1. The fraction of sp³-hybridized carbons (Fsp3) is 0.630. The number of carbonyl (C=O) groups excluding carboxylic acids is 2. The number of aryl methyl sites for hydroxylation is 1. The van der Waals surface area contributed by atoms with Crippen molar-refractivity contribution < 1.29 is 9.59 Å². The first-order chi connectivity index (χ1) is 15.7. The van der Waals surface area contributed by atoms with Crippen LogP contribution in [-0.2, 0) is 9.59 Å². The number of nitrogens with one attached hydrogen (secondary N) is 2. The Morgan fingerprint density at radius 1 is 1.21 bits per heavy atom. The number of benzene rings is 1. The standard InChI is InChI=1S/C27H41N3O2S/c1-18(2)16-30(17-19(3)4)12-11-28-26(31)22-9-10-24-23(15-22)29-27(32)25(33-24)14-21-8-6-7-20(5)13-21/h6-8,13-14,18-19,22-24H,9-12,15-17H2,1-5H3,(H,28,31)(H,29,32)/b25-14+. The molecule has 1 aliphatic carbocycles. The summed E-state index contributed by atoms with van der Waals surface area (Å²) in [5.41, 5.74) is 2.25. The molecule has 3 unspecified atom stereocenters. The van der Waals surface area contributed by atoms with Crippen molar-refractivity contribution in [3.63, 3.8) is 0 Å². The minimum Gasteiger partial charge on any atom is -0.355 e. The number of hydrogen-bond acceptors (Lipinski definition) is 4. The zero-order valence-electron chi connectivity index (χ0n) is 20.9. The molecular weight excluding hydrogens is 430 g/mol. The van der Waals surface area contributed by atoms with Crippen LogP contribution in [0, 0.1) is 24.7 Å². The number of carbonyl (C=O) groups is 2. The molecule has 0 radical (unpaired) electrons. The van der Waals surface area contributed by atoms with Gasteiger partial charge in [-0.25, -0.2) is 0 Å². The van der Waals surface area contributed by atoms with Gasteiger partial charge in [-0.1, -0.05) is 57.5 Å². The van der Waals surface area contributed by atoms with E-state index in [0.717, 1.165) is 49.4 Å². The monoisotopic (exact) mass is 471 g/mol. The molecule has 5 nitrogen and oxygen atoms in total. The Morgan fingerprint density at radius 3 is 2.61 bits per heavy atom. The van der Waals surface area contributed by atoms with Gasteiger partial charge in [-0.2, -0.15) is 0 Å². The molecule has 6 heteroatoms. The van der Waals surface area contributed by atoms with Crippen LogP contribution in [-0.4, -0.2) is 54.2 Å². The molecule has 2 N–H and O–H groups in total. The van der Waals surface area contributed by atoms with E-state index in [0.29, 0.717) is 23.6 Å². The van der Waals surface area contributed by atoms with Crippen LogP contribution in [0.3, 0.4) is 0 Å². The third-order valence-corrected chi connectivity index (χ3v) is 7.71. The Hall–Kier alpha value is -1.79. The van der Waals surface area contributed by atoms with E-state index in [4.69, 9.17) is 0 Å². The highest BCUT2D eigenvalue weighted by atomic mass is 32.2. The van der Waals surface area contributed by atoms with Gasteiger partial charge in [0.15, 0.2) is 0 Å². The van der Waals surface area contributed by atoms with E-state index in [1.807, 2.05) is 18.2 Å². The third-order valence-electron chi connectivity index (χ3n) is 6.29. The largest absolute Gasteiger partial charge is 0.355 e. The fourth-order valence-electron chi connectivity index (χ4n) is 4.91. The molecule has 3 rings (SSSR count). The summed E-state index contributed by atoms with van der Waals surface area (Å²) in [5, 5.41) is 6.70. The maximum atomic E-state index is 12.9. The predicted molar refractivity (Wildman–Crippen MR) is 139 cm³/mol. The lowest BCUT2D eigenvalue weighted by Gasteiger charge is -2.39. The van der Waals surface area contributed by atoms with Gasteiger partial charge in [0.05, 0.1) is 4.91 Å². The summed E-state index contributed by atoms with van der Waals surface area (Å²) < 4.78 is 0. The van der Waals surface area contributed by atoms with Crippen LogP contribution in [0.2, 0.25) is 0 Å². The van der Waals surface area contributed by atoms with Gasteiger partial charge in [0.1, 0.15) is 0 Å². The summed E-state index contributed by atoms with van der Waals surface area (Å²) in [6.45, 7) is 14.7. The molecule has 1 aromatic carbocycles. The first-order valence-electron chi connectivity index (χ1n) is 12.5. The van der Waals surface area contributed by atoms with Crippen molar-refractivity contribution in [3.05, 3.63) is 40.3 Å². The summed E-state index contributed by atoms with van der Waals surface area (Å²) in [4.78, 5) is 28.8. The van der Waals surface area contributed by atoms with Gasteiger partial charge in [0.25, 0.3) is 5.91 Å². The highest BCUT2D eigenvalue weighted by Crippen LogP contribution is 2.39. The topological polar surface area (TPSA) is 61.4 Å². The molecule has 2 fully saturated rings. The van der Waals surface area contributed by atoms with E-state index in [2.05, 4.69) is 62.3 Å². The molecule has 1 aliphatic heterocycles. The van der Waals surface area contributed by atoms with Gasteiger partial charge in [-0.05, 0) is 49.7 Å². The number of fused-ring (bicyclic) bond motifs is 1. The van der Waals surface area contributed by atoms with Crippen LogP contribution in [0.4, 0.5) is 0 Å². The zero-order valence-corrected chi connectivity index (χ0v) is 21.7. The average molecular weight is 472 g/mol. The third kappa shape index (κ3) is 7.89. The Bertz CT molecular complexity index is 842. The number of hydrogen-bond donors (Lipinski definition) is 2. The molecule has 1 saturated heterocycles. The first-order valence-corrected chi connectivity index (χ1v) is 13.3. The second-order valence-corrected chi connectivity index (χ2v) is 11.8. The molecule has 1 aromatic rings. The van der Waals surface area contributed by atoms with E-state index in [1.165, 1.54) is 5.56 Å². The maximum Gasteiger partial charge on any atom is 0.257 e. The summed E-state index contributed by atoms with van der Waals surface area (Å²) in [5.74, 6) is 1.35. The second-order valence-electron chi connectivity index (χ2n) is 10.5. The molecule has 0 bridgehead atoms. The molecular formula is C27H41N3O2S. The zero-order chi connectivity index (χ0) is 24.0. The van der Waals surface area contributed by atoms with Gasteiger partial charge in [0.2, 0.25) is 5.91 Å². The lowest BCUT2D eigenvalue weighted by molar-refractivity contribution is -0.127. The van der Waals surface area contributed by atoms with Crippen LogP contribution in [0.5, 0.6) is 0 Å². The van der Waals surface area contributed by atoms with Crippen molar-refractivity contribution >= 4 is 29.7 Å². The van der Waals surface area contributed by atoms with E-state index >= 15 is 0 Å². The highest BCUT2D eigenvalue weighted by Gasteiger charge is 2.39. The van der Waals surface area contributed by atoms with Crippen molar-refractivity contribution in [2.24, 2.45) is 17.8 Å². The highest BCUT2D eigenvalue weighted by molar-refractivity contribution is 8.04. The Labute approximate surface area is 204 Å². The van der Waals surface area contributed by atoms with Crippen LogP contribution in [0.25, 0.3) is 6.08 Å². The minimum atomic E-state index is -0.0156. The van der Waals surface area contributed by atoms with Crippen molar-refractivity contribution in [1.82, 2.24) is 15.5 Å². The molecule has 0 spiro atoms. The van der Waals surface area contributed by atoms with Gasteiger partial charge >= 0.3 is 0 Å². The van der Waals surface area contributed by atoms with Gasteiger partial charge < -0.3 is 15.5 Å². The van der Waals surface area contributed by atoms with Crippen molar-refractivity contribution in [2.75, 3.05) is 26.2 Å². The maximum absolute atomic E-state index is 12.9. The average Bonchev–Trinajstić information content (AvgIpc) is 2.73. The van der Waals surface area contributed by atoms with Crippen LogP contribution < -0.4 is 10.6 Å². The van der Waals surface area contributed by atoms with Crippen LogP contribution >= 0.6 is 11.8 Å². The van der Waals surface area contributed by atoms with Crippen molar-refractivity contribution in [1.29, 1.82) is 0 Å². The van der Waals surface area contributed by atoms with Crippen LogP contribution in [0.15, 0.2) is 29.2 Å². The summed E-state index contributed by atoms with van der Waals surface area (Å²) in [6, 6.07) is 8.28. The molecule has 1 heterocycles. The molecule has 2 aliphatic rings. The summed E-state index contributed by atoms with van der Waals surface area (Å²) in [7, 11) is 0.